The minimum absolute atomic E-state index is 0. The Kier molecular flexibility index (Phi) is 45.4. The predicted octanol–water partition coefficient (Wildman–Crippen LogP) is -19.9. The fraction of sp³-hybridized carbons (Fsp3) is 0.562. The molecule has 0 saturated heterocycles. The van der Waals surface area contributed by atoms with E-state index in [4.69, 9.17) is 16.6 Å². The molecule has 0 aromatic heterocycles. The van der Waals surface area contributed by atoms with Gasteiger partial charge in [-0.1, -0.05) is 0 Å². The van der Waals surface area contributed by atoms with Gasteiger partial charge in [0.05, 0.1) is 17.9 Å². The topological polar surface area (TPSA) is 379 Å². The van der Waals surface area contributed by atoms with Crippen molar-refractivity contribution in [3.05, 3.63) is 0 Å². The SMILES string of the molecule is N[C@@H](CCC(=O)O)C(=O)[O-].N[C@@H](CCC(=O)OC(CC(=O)[O-])(CC(=O)[O-])C(=O)[O-])C(=O)[O-].O.O.[Mg+2].[Na+].[Na+].[Na+]. The van der Waals surface area contributed by atoms with E-state index in [0.29, 0.717) is 0 Å². The Balaban J connectivity index is -0.0000000817. The van der Waals surface area contributed by atoms with E-state index < -0.39 is 85.2 Å². The predicted molar refractivity (Wildman–Crippen MR) is 98.1 cm³/mol. The van der Waals surface area contributed by atoms with Crippen LogP contribution in [0.15, 0.2) is 0 Å². The summed E-state index contributed by atoms with van der Waals surface area (Å²) in [4.78, 5) is 73.5. The Morgan fingerprint density at radius 2 is 1.03 bits per heavy atom. The third-order valence-electron chi connectivity index (χ3n) is 3.48. The van der Waals surface area contributed by atoms with Gasteiger partial charge in [-0.3, -0.25) is 9.59 Å². The van der Waals surface area contributed by atoms with Gasteiger partial charge in [0.2, 0.25) is 0 Å². The van der Waals surface area contributed by atoms with Gasteiger partial charge in [-0.15, -0.1) is 0 Å². The fourth-order valence-corrected chi connectivity index (χ4v) is 1.84. The van der Waals surface area contributed by atoms with Gasteiger partial charge in [0.15, 0.2) is 5.60 Å². The molecular weight excluding hydrogens is 569 g/mol. The van der Waals surface area contributed by atoms with Crippen LogP contribution in [0, 0.1) is 0 Å². The van der Waals surface area contributed by atoms with Gasteiger partial charge in [-0.25, -0.2) is 0 Å². The first-order valence-corrected chi connectivity index (χ1v) is 8.51. The van der Waals surface area contributed by atoms with Gasteiger partial charge in [-0.05, 0) is 12.8 Å². The average molecular weight is 593 g/mol. The van der Waals surface area contributed by atoms with Crippen molar-refractivity contribution in [2.75, 3.05) is 0 Å². The molecule has 0 saturated carbocycles. The largest absolute Gasteiger partial charge is 2.00 e. The molecule has 22 heteroatoms. The summed E-state index contributed by atoms with van der Waals surface area (Å²) in [6.07, 6.45) is -4.51. The van der Waals surface area contributed by atoms with Crippen molar-refractivity contribution in [2.45, 2.75) is 56.2 Å². The molecule has 198 valence electrons. The summed E-state index contributed by atoms with van der Waals surface area (Å²) in [6.45, 7) is 0. The second kappa shape index (κ2) is 29.9. The number of hydrogen-bond acceptors (Lipinski definition) is 15. The summed E-state index contributed by atoms with van der Waals surface area (Å²) in [5.74, 6) is -11.8. The first kappa shape index (κ1) is 57.7. The number of esters is 1. The third kappa shape index (κ3) is 28.9. The van der Waals surface area contributed by atoms with Gasteiger partial charge < -0.3 is 81.8 Å². The normalized spacial score (nSPS) is 10.4. The van der Waals surface area contributed by atoms with Crippen molar-refractivity contribution in [2.24, 2.45) is 11.5 Å². The van der Waals surface area contributed by atoms with E-state index >= 15 is 0 Å². The molecule has 0 amide bonds. The number of hydrogen-bond donors (Lipinski definition) is 3. The molecule has 0 aliphatic rings. The van der Waals surface area contributed by atoms with Crippen molar-refractivity contribution in [3.63, 3.8) is 0 Å². The van der Waals surface area contributed by atoms with Crippen molar-refractivity contribution in [1.29, 1.82) is 0 Å². The Bertz CT molecular complexity index is 742. The van der Waals surface area contributed by atoms with Crippen LogP contribution in [-0.2, 0) is 38.3 Å². The molecule has 0 aliphatic carbocycles. The van der Waals surface area contributed by atoms with Gasteiger partial charge >= 0.3 is 124 Å². The minimum atomic E-state index is -3.03. The molecule has 0 bridgehead atoms. The Morgan fingerprint density at radius 1 is 0.711 bits per heavy atom. The number of nitrogens with two attached hydrogens (primary N) is 2. The van der Waals surface area contributed by atoms with Crippen LogP contribution in [0.25, 0.3) is 0 Å². The van der Waals surface area contributed by atoms with E-state index in [9.17, 15) is 59.1 Å². The number of rotatable bonds is 14. The molecular formula is C16H23MgN2Na3O16. The quantitative estimate of drug-likeness (QED) is 0.124. The molecule has 9 N–H and O–H groups in total. The van der Waals surface area contributed by atoms with Crippen LogP contribution in [0.2, 0.25) is 0 Å². The summed E-state index contributed by atoms with van der Waals surface area (Å²) in [7, 11) is 0. The summed E-state index contributed by atoms with van der Waals surface area (Å²) < 4.78 is 4.34. The summed E-state index contributed by atoms with van der Waals surface area (Å²) in [5, 5.41) is 60.3. The molecule has 2 atom stereocenters. The van der Waals surface area contributed by atoms with E-state index in [1.54, 1.807) is 0 Å². The Morgan fingerprint density at radius 3 is 1.26 bits per heavy atom. The second-order valence-electron chi connectivity index (χ2n) is 6.18. The number of aliphatic carboxylic acids is 6. The van der Waals surface area contributed by atoms with E-state index in [-0.39, 0.29) is 136 Å². The molecule has 0 heterocycles. The zero-order chi connectivity index (χ0) is 25.6. The number of carbonyl (C=O) groups is 7. The maximum Gasteiger partial charge on any atom is 2.00 e. The molecule has 0 unspecified atom stereocenters. The van der Waals surface area contributed by atoms with Crippen molar-refractivity contribution in [1.82, 2.24) is 0 Å². The minimum Gasteiger partial charge on any atom is -0.550 e. The summed E-state index contributed by atoms with van der Waals surface area (Å²) in [5.41, 5.74) is 6.96. The molecule has 38 heavy (non-hydrogen) atoms. The number of carboxylic acid groups (broad SMARTS) is 6. The van der Waals surface area contributed by atoms with Gasteiger partial charge in [0, 0.05) is 49.7 Å². The fourth-order valence-electron chi connectivity index (χ4n) is 1.84. The number of ether oxygens (including phenoxy) is 1. The van der Waals surface area contributed by atoms with Crippen LogP contribution in [0.3, 0.4) is 0 Å². The zero-order valence-corrected chi connectivity index (χ0v) is 28.4. The third-order valence-corrected chi connectivity index (χ3v) is 3.48. The maximum atomic E-state index is 11.4. The molecule has 0 aromatic rings. The van der Waals surface area contributed by atoms with Gasteiger partial charge in [-0.2, -0.15) is 0 Å². The van der Waals surface area contributed by atoms with Crippen molar-refractivity contribution < 1.29 is 169 Å². The maximum absolute atomic E-state index is 11.4. The molecule has 0 aliphatic heterocycles. The molecule has 0 fully saturated rings. The summed E-state index contributed by atoms with van der Waals surface area (Å²) in [6, 6.07) is -2.72. The molecule has 0 aromatic carbocycles. The van der Waals surface area contributed by atoms with E-state index in [1.807, 2.05) is 0 Å². The molecule has 18 nitrogen and oxygen atoms in total. The summed E-state index contributed by atoms with van der Waals surface area (Å²) >= 11 is 0. The van der Waals surface area contributed by atoms with Crippen molar-refractivity contribution in [3.8, 4) is 0 Å². The van der Waals surface area contributed by atoms with Crippen molar-refractivity contribution >= 4 is 64.8 Å². The van der Waals surface area contributed by atoms with E-state index in [0.717, 1.165) is 0 Å². The first-order chi connectivity index (χ1) is 14.5. The van der Waals surface area contributed by atoms with Crippen LogP contribution < -0.4 is 126 Å². The van der Waals surface area contributed by atoms with Gasteiger partial charge in [0.25, 0.3) is 0 Å². The van der Waals surface area contributed by atoms with Crippen LogP contribution in [-0.4, -0.2) is 98.6 Å². The number of carboxylic acids is 6. The standard InChI is InChI=1S/C11H15NO10.C5H9NO4.Mg.3Na.2H2O/c12-5(9(18)19)1-2-8(17)22-11(10(20)21,3-6(13)14)4-7(15)16;6-3(5(9)10)1-2-4(7)8;;;;;;/h5H,1-4,12H2,(H,13,14)(H,15,16)(H,18,19)(H,20,21);3H,1-2,6H2,(H,7,8)(H,9,10);;;;;2*1H2/q;;+2;3*+1;;/p-5/t5-;3-;;;;;;/m00....../s1. The molecule has 0 rings (SSSR count). The average Bonchev–Trinajstić information content (AvgIpc) is 2.62. The zero-order valence-electron chi connectivity index (χ0n) is 21.0. The van der Waals surface area contributed by atoms with Gasteiger partial charge in [0.1, 0.15) is 0 Å². The van der Waals surface area contributed by atoms with Crippen LogP contribution in [0.5, 0.6) is 0 Å². The Hall–Kier alpha value is -0.104. The second-order valence-corrected chi connectivity index (χ2v) is 6.18. The van der Waals surface area contributed by atoms with E-state index in [2.05, 4.69) is 4.74 Å². The van der Waals surface area contributed by atoms with Crippen LogP contribution >= 0.6 is 0 Å². The molecule has 0 spiro atoms. The smallest absolute Gasteiger partial charge is 0.550 e. The van der Waals surface area contributed by atoms with Crippen LogP contribution in [0.1, 0.15) is 38.5 Å². The van der Waals surface area contributed by atoms with E-state index in [1.165, 1.54) is 0 Å². The monoisotopic (exact) mass is 592 g/mol. The molecule has 0 radical (unpaired) electrons. The number of carbonyl (C=O) groups excluding carboxylic acids is 6. The Labute approximate surface area is 297 Å². The van der Waals surface area contributed by atoms with Crippen LogP contribution in [0.4, 0.5) is 0 Å². The first-order valence-electron chi connectivity index (χ1n) is 8.51.